The minimum absolute atomic E-state index is 0.772. The first-order valence-electron chi connectivity index (χ1n) is 8.26. The van der Waals surface area contributed by atoms with Gasteiger partial charge in [-0.05, 0) is 43.7 Å². The molecular weight excluding hydrogens is 218 g/mol. The van der Waals surface area contributed by atoms with Gasteiger partial charge in [-0.25, -0.2) is 0 Å². The highest BCUT2D eigenvalue weighted by Gasteiger charge is 2.10. The molecule has 0 aromatic carbocycles. The van der Waals surface area contributed by atoms with Crippen LogP contribution in [0.4, 0.5) is 0 Å². The van der Waals surface area contributed by atoms with Gasteiger partial charge < -0.3 is 5.32 Å². The van der Waals surface area contributed by atoms with Gasteiger partial charge in [0.1, 0.15) is 0 Å². The Kier molecular flexibility index (Phi) is 12.0. The van der Waals surface area contributed by atoms with E-state index in [0.717, 1.165) is 17.8 Å². The fourth-order valence-corrected chi connectivity index (χ4v) is 2.58. The van der Waals surface area contributed by atoms with Crippen molar-refractivity contribution < 1.29 is 0 Å². The van der Waals surface area contributed by atoms with Crippen molar-refractivity contribution in [2.24, 2.45) is 17.8 Å². The molecule has 0 fully saturated rings. The van der Waals surface area contributed by atoms with Gasteiger partial charge in [-0.1, -0.05) is 66.7 Å². The first-order valence-corrected chi connectivity index (χ1v) is 8.26. The van der Waals surface area contributed by atoms with Crippen molar-refractivity contribution in [2.75, 3.05) is 13.1 Å². The first-order chi connectivity index (χ1) is 8.56. The van der Waals surface area contributed by atoms with E-state index in [2.05, 4.69) is 39.9 Å². The molecule has 1 unspecified atom stereocenters. The molecule has 110 valence electrons. The Hall–Kier alpha value is -0.0400. The molecule has 0 aromatic rings. The second-order valence-corrected chi connectivity index (χ2v) is 6.75. The SMILES string of the molecule is CCCCCCCC(CNCC(C)C)CC(C)C. The lowest BCUT2D eigenvalue weighted by Crippen LogP contribution is -2.27. The van der Waals surface area contributed by atoms with Crippen molar-refractivity contribution in [2.45, 2.75) is 79.6 Å². The van der Waals surface area contributed by atoms with Gasteiger partial charge in [0.25, 0.3) is 0 Å². The summed E-state index contributed by atoms with van der Waals surface area (Å²) >= 11 is 0. The summed E-state index contributed by atoms with van der Waals surface area (Å²) in [6.07, 6.45) is 9.88. The summed E-state index contributed by atoms with van der Waals surface area (Å²) in [5.74, 6) is 2.51. The molecule has 1 atom stereocenters. The molecule has 0 aliphatic heterocycles. The maximum Gasteiger partial charge on any atom is -0.00203 e. The Morgan fingerprint density at radius 2 is 1.44 bits per heavy atom. The van der Waals surface area contributed by atoms with Crippen molar-refractivity contribution in [3.05, 3.63) is 0 Å². The third kappa shape index (κ3) is 12.4. The summed E-state index contributed by atoms with van der Waals surface area (Å²) in [5.41, 5.74) is 0. The minimum atomic E-state index is 0.772. The van der Waals surface area contributed by atoms with Gasteiger partial charge in [-0.2, -0.15) is 0 Å². The lowest BCUT2D eigenvalue weighted by molar-refractivity contribution is 0.347. The molecule has 0 amide bonds. The van der Waals surface area contributed by atoms with Crippen LogP contribution in [0.5, 0.6) is 0 Å². The lowest BCUT2D eigenvalue weighted by Gasteiger charge is -2.20. The van der Waals surface area contributed by atoms with Crippen LogP contribution in [0.25, 0.3) is 0 Å². The molecule has 0 radical (unpaired) electrons. The molecular formula is C17H37N. The second-order valence-electron chi connectivity index (χ2n) is 6.75. The van der Waals surface area contributed by atoms with Crippen LogP contribution < -0.4 is 5.32 Å². The Bertz CT molecular complexity index is 163. The molecule has 0 aliphatic rings. The molecule has 18 heavy (non-hydrogen) atoms. The fourth-order valence-electron chi connectivity index (χ4n) is 2.58. The third-order valence-electron chi connectivity index (χ3n) is 3.51. The topological polar surface area (TPSA) is 12.0 Å². The van der Waals surface area contributed by atoms with E-state index in [4.69, 9.17) is 0 Å². The zero-order valence-electron chi connectivity index (χ0n) is 13.6. The molecule has 0 saturated heterocycles. The first kappa shape index (κ1) is 18.0. The lowest BCUT2D eigenvalue weighted by atomic mass is 9.91. The average molecular weight is 255 g/mol. The van der Waals surface area contributed by atoms with E-state index >= 15 is 0 Å². The van der Waals surface area contributed by atoms with Crippen LogP contribution in [0.2, 0.25) is 0 Å². The predicted octanol–water partition coefficient (Wildman–Crippen LogP) is 5.25. The monoisotopic (exact) mass is 255 g/mol. The van der Waals surface area contributed by atoms with Crippen LogP contribution in [0.1, 0.15) is 79.6 Å². The van der Waals surface area contributed by atoms with Gasteiger partial charge in [0, 0.05) is 0 Å². The van der Waals surface area contributed by atoms with Crippen LogP contribution in [0, 0.1) is 17.8 Å². The molecule has 1 N–H and O–H groups in total. The standard InChI is InChI=1S/C17H37N/c1-6-7-8-9-10-11-17(12-15(2)3)14-18-13-16(4)5/h15-18H,6-14H2,1-5H3. The van der Waals surface area contributed by atoms with Crippen LogP contribution in [-0.4, -0.2) is 13.1 Å². The van der Waals surface area contributed by atoms with Gasteiger partial charge in [0.2, 0.25) is 0 Å². The zero-order valence-corrected chi connectivity index (χ0v) is 13.6. The summed E-state index contributed by atoms with van der Waals surface area (Å²) in [7, 11) is 0. The maximum atomic E-state index is 3.64. The minimum Gasteiger partial charge on any atom is -0.316 e. The number of unbranched alkanes of at least 4 members (excludes halogenated alkanes) is 4. The van der Waals surface area contributed by atoms with E-state index in [1.807, 2.05) is 0 Å². The Labute approximate surface area is 116 Å². The maximum absolute atomic E-state index is 3.64. The highest BCUT2D eigenvalue weighted by Crippen LogP contribution is 2.18. The molecule has 0 aliphatic carbocycles. The quantitative estimate of drug-likeness (QED) is 0.469. The van der Waals surface area contributed by atoms with Crippen LogP contribution in [0.15, 0.2) is 0 Å². The van der Waals surface area contributed by atoms with E-state index in [1.165, 1.54) is 58.0 Å². The van der Waals surface area contributed by atoms with Crippen molar-refractivity contribution >= 4 is 0 Å². The molecule has 1 heteroatoms. The van der Waals surface area contributed by atoms with Crippen molar-refractivity contribution in [1.29, 1.82) is 0 Å². The van der Waals surface area contributed by atoms with Crippen molar-refractivity contribution in [3.8, 4) is 0 Å². The van der Waals surface area contributed by atoms with Crippen LogP contribution >= 0.6 is 0 Å². The molecule has 0 rings (SSSR count). The molecule has 0 heterocycles. The highest BCUT2D eigenvalue weighted by atomic mass is 14.9. The molecule has 0 aromatic heterocycles. The average Bonchev–Trinajstić information content (AvgIpc) is 2.27. The second kappa shape index (κ2) is 12.0. The van der Waals surface area contributed by atoms with Crippen LogP contribution in [0.3, 0.4) is 0 Å². The third-order valence-corrected chi connectivity index (χ3v) is 3.51. The molecule has 0 saturated carbocycles. The normalized spacial score (nSPS) is 13.5. The molecule has 0 spiro atoms. The van der Waals surface area contributed by atoms with E-state index in [9.17, 15) is 0 Å². The van der Waals surface area contributed by atoms with Gasteiger partial charge in [-0.15, -0.1) is 0 Å². The fraction of sp³-hybridized carbons (Fsp3) is 1.00. The summed E-state index contributed by atoms with van der Waals surface area (Å²) in [5, 5.41) is 3.64. The summed E-state index contributed by atoms with van der Waals surface area (Å²) < 4.78 is 0. The zero-order chi connectivity index (χ0) is 13.8. The van der Waals surface area contributed by atoms with E-state index < -0.39 is 0 Å². The highest BCUT2D eigenvalue weighted by molar-refractivity contribution is 4.66. The molecule has 0 bridgehead atoms. The van der Waals surface area contributed by atoms with Gasteiger partial charge in [0.05, 0.1) is 0 Å². The van der Waals surface area contributed by atoms with E-state index in [1.54, 1.807) is 0 Å². The number of hydrogen-bond donors (Lipinski definition) is 1. The number of rotatable bonds is 12. The summed E-state index contributed by atoms with van der Waals surface area (Å²) in [6.45, 7) is 14.0. The van der Waals surface area contributed by atoms with Gasteiger partial charge >= 0.3 is 0 Å². The summed E-state index contributed by atoms with van der Waals surface area (Å²) in [6, 6.07) is 0. The smallest absolute Gasteiger partial charge is 0.00203 e. The Morgan fingerprint density at radius 1 is 0.778 bits per heavy atom. The number of nitrogens with one attached hydrogen (secondary N) is 1. The summed E-state index contributed by atoms with van der Waals surface area (Å²) in [4.78, 5) is 0. The van der Waals surface area contributed by atoms with E-state index in [0.29, 0.717) is 0 Å². The van der Waals surface area contributed by atoms with Crippen molar-refractivity contribution in [3.63, 3.8) is 0 Å². The van der Waals surface area contributed by atoms with Crippen molar-refractivity contribution in [1.82, 2.24) is 5.32 Å². The van der Waals surface area contributed by atoms with E-state index in [-0.39, 0.29) is 0 Å². The van der Waals surface area contributed by atoms with Crippen LogP contribution in [-0.2, 0) is 0 Å². The molecule has 1 nitrogen and oxygen atoms in total. The van der Waals surface area contributed by atoms with Gasteiger partial charge in [-0.3, -0.25) is 0 Å². The largest absolute Gasteiger partial charge is 0.316 e. The Morgan fingerprint density at radius 3 is 2.00 bits per heavy atom. The number of hydrogen-bond acceptors (Lipinski definition) is 1. The predicted molar refractivity (Wildman–Crippen MR) is 84.0 cm³/mol. The van der Waals surface area contributed by atoms with Gasteiger partial charge in [0.15, 0.2) is 0 Å². The Balaban J connectivity index is 3.70.